The molecule has 3 N–H and O–H groups in total. The SMILES string of the molecule is C=C1NC(=O)N[C@H](c2cccc(F)c2)[C@@H]1C(=O)Nc1cccc(C(F)(F)F)c1. The molecule has 0 radical (unpaired) electrons. The van der Waals surface area contributed by atoms with Crippen LogP contribution in [0.5, 0.6) is 0 Å². The number of nitrogens with one attached hydrogen (secondary N) is 3. The summed E-state index contributed by atoms with van der Waals surface area (Å²) >= 11 is 0. The Morgan fingerprint density at radius 1 is 1.11 bits per heavy atom. The summed E-state index contributed by atoms with van der Waals surface area (Å²) in [7, 11) is 0. The van der Waals surface area contributed by atoms with Crippen molar-refractivity contribution in [2.75, 3.05) is 5.32 Å². The van der Waals surface area contributed by atoms with E-state index in [-0.39, 0.29) is 11.4 Å². The first kappa shape index (κ1) is 19.4. The van der Waals surface area contributed by atoms with Crippen molar-refractivity contribution in [3.05, 3.63) is 77.8 Å². The van der Waals surface area contributed by atoms with E-state index in [0.717, 1.165) is 24.3 Å². The van der Waals surface area contributed by atoms with Crippen LogP contribution in [-0.2, 0) is 11.0 Å². The molecule has 0 bridgehead atoms. The molecule has 1 heterocycles. The van der Waals surface area contributed by atoms with Gasteiger partial charge < -0.3 is 16.0 Å². The summed E-state index contributed by atoms with van der Waals surface area (Å²) in [6.45, 7) is 3.66. The second-order valence-corrected chi connectivity index (χ2v) is 6.20. The maximum absolute atomic E-state index is 13.6. The Kier molecular flexibility index (Phi) is 5.08. The first-order chi connectivity index (χ1) is 13.1. The van der Waals surface area contributed by atoms with Crippen molar-refractivity contribution < 1.29 is 27.2 Å². The lowest BCUT2D eigenvalue weighted by atomic mass is 9.88. The summed E-state index contributed by atoms with van der Waals surface area (Å²) in [6.07, 6.45) is -4.56. The van der Waals surface area contributed by atoms with Gasteiger partial charge in [0.05, 0.1) is 11.6 Å². The molecule has 1 aliphatic heterocycles. The summed E-state index contributed by atoms with van der Waals surface area (Å²) in [6, 6.07) is 7.90. The molecule has 0 spiro atoms. The molecule has 9 heteroatoms. The maximum Gasteiger partial charge on any atom is 0.416 e. The first-order valence-electron chi connectivity index (χ1n) is 8.15. The summed E-state index contributed by atoms with van der Waals surface area (Å²) in [5.74, 6) is -2.34. The lowest BCUT2D eigenvalue weighted by Crippen LogP contribution is -2.51. The van der Waals surface area contributed by atoms with Gasteiger partial charge in [-0.25, -0.2) is 9.18 Å². The molecule has 2 aromatic rings. The van der Waals surface area contributed by atoms with Gasteiger partial charge in [0.2, 0.25) is 5.91 Å². The van der Waals surface area contributed by atoms with E-state index in [2.05, 4.69) is 22.5 Å². The lowest BCUT2D eigenvalue weighted by Gasteiger charge is -2.34. The highest BCUT2D eigenvalue weighted by atomic mass is 19.4. The first-order valence-corrected chi connectivity index (χ1v) is 8.15. The van der Waals surface area contributed by atoms with Crippen LogP contribution in [0, 0.1) is 11.7 Å². The molecule has 28 heavy (non-hydrogen) atoms. The number of anilines is 1. The predicted molar refractivity (Wildman–Crippen MR) is 93.5 cm³/mol. The number of benzene rings is 2. The summed E-state index contributed by atoms with van der Waals surface area (Å²) in [5.41, 5.74) is -0.619. The Balaban J connectivity index is 1.89. The van der Waals surface area contributed by atoms with Gasteiger partial charge in [-0.15, -0.1) is 0 Å². The quantitative estimate of drug-likeness (QED) is 0.691. The van der Waals surface area contributed by atoms with Crippen LogP contribution in [0.3, 0.4) is 0 Å². The molecule has 2 atom stereocenters. The number of carbonyl (C=O) groups is 2. The standard InChI is InChI=1S/C19H15F4N3O2/c1-10-15(16(26-18(28)24-10)11-4-2-6-13(20)8-11)17(27)25-14-7-3-5-12(9-14)19(21,22)23/h2-9,15-16H,1H2,(H,25,27)(H2,24,26,28)/t15-,16-/m1/s1. The molecule has 2 aromatic carbocycles. The highest BCUT2D eigenvalue weighted by molar-refractivity contribution is 5.97. The van der Waals surface area contributed by atoms with Gasteiger partial charge in [0, 0.05) is 11.4 Å². The van der Waals surface area contributed by atoms with Crippen LogP contribution in [0.15, 0.2) is 60.8 Å². The fourth-order valence-electron chi connectivity index (χ4n) is 2.96. The predicted octanol–water partition coefficient (Wildman–Crippen LogP) is 3.97. The number of carbonyl (C=O) groups excluding carboxylic acids is 2. The van der Waals surface area contributed by atoms with Gasteiger partial charge in [0.1, 0.15) is 11.7 Å². The summed E-state index contributed by atoms with van der Waals surface area (Å²) in [4.78, 5) is 24.6. The van der Waals surface area contributed by atoms with E-state index >= 15 is 0 Å². The molecule has 5 nitrogen and oxygen atoms in total. The highest BCUT2D eigenvalue weighted by Gasteiger charge is 2.38. The van der Waals surface area contributed by atoms with Crippen molar-refractivity contribution in [3.63, 3.8) is 0 Å². The van der Waals surface area contributed by atoms with Crippen LogP contribution >= 0.6 is 0 Å². The minimum atomic E-state index is -4.56. The fourth-order valence-corrected chi connectivity index (χ4v) is 2.96. The smallest absolute Gasteiger partial charge is 0.330 e. The van der Waals surface area contributed by atoms with Crippen LogP contribution in [-0.4, -0.2) is 11.9 Å². The van der Waals surface area contributed by atoms with Crippen LogP contribution in [0.4, 0.5) is 28.0 Å². The second kappa shape index (κ2) is 7.34. The van der Waals surface area contributed by atoms with Crippen LogP contribution < -0.4 is 16.0 Å². The average Bonchev–Trinajstić information content (AvgIpc) is 2.60. The average molecular weight is 393 g/mol. The minimum Gasteiger partial charge on any atom is -0.330 e. The number of alkyl halides is 3. The van der Waals surface area contributed by atoms with Gasteiger partial charge in [-0.1, -0.05) is 24.8 Å². The molecule has 0 aromatic heterocycles. The van der Waals surface area contributed by atoms with Gasteiger partial charge in [0.25, 0.3) is 0 Å². The zero-order valence-corrected chi connectivity index (χ0v) is 14.3. The Morgan fingerprint density at radius 3 is 2.50 bits per heavy atom. The van der Waals surface area contributed by atoms with Gasteiger partial charge in [0.15, 0.2) is 0 Å². The van der Waals surface area contributed by atoms with Crippen LogP contribution in [0.1, 0.15) is 17.2 Å². The van der Waals surface area contributed by atoms with Crippen LogP contribution in [0.25, 0.3) is 0 Å². The van der Waals surface area contributed by atoms with Crippen molar-refractivity contribution in [2.24, 2.45) is 5.92 Å². The number of urea groups is 1. The van der Waals surface area contributed by atoms with E-state index < -0.39 is 41.5 Å². The van der Waals surface area contributed by atoms with Crippen molar-refractivity contribution in [3.8, 4) is 0 Å². The van der Waals surface area contributed by atoms with Gasteiger partial charge in [-0.3, -0.25) is 4.79 Å². The monoisotopic (exact) mass is 393 g/mol. The van der Waals surface area contributed by atoms with E-state index in [1.807, 2.05) is 0 Å². The van der Waals surface area contributed by atoms with E-state index in [0.29, 0.717) is 5.56 Å². The zero-order chi connectivity index (χ0) is 20.5. The number of hydrogen-bond acceptors (Lipinski definition) is 2. The molecular weight excluding hydrogens is 378 g/mol. The highest BCUT2D eigenvalue weighted by Crippen LogP contribution is 2.33. The van der Waals surface area contributed by atoms with Gasteiger partial charge in [-0.2, -0.15) is 13.2 Å². The van der Waals surface area contributed by atoms with Crippen molar-refractivity contribution >= 4 is 17.6 Å². The Hall–Kier alpha value is -3.36. The number of hydrogen-bond donors (Lipinski definition) is 3. The Bertz CT molecular complexity index is 943. The Morgan fingerprint density at radius 2 is 1.82 bits per heavy atom. The number of amides is 3. The van der Waals surface area contributed by atoms with E-state index in [1.54, 1.807) is 0 Å². The van der Waals surface area contributed by atoms with Crippen molar-refractivity contribution in [2.45, 2.75) is 12.2 Å². The van der Waals surface area contributed by atoms with E-state index in [4.69, 9.17) is 0 Å². The van der Waals surface area contributed by atoms with Crippen molar-refractivity contribution in [1.82, 2.24) is 10.6 Å². The molecule has 1 saturated heterocycles. The second-order valence-electron chi connectivity index (χ2n) is 6.20. The molecule has 3 amide bonds. The van der Waals surface area contributed by atoms with Gasteiger partial charge in [-0.05, 0) is 35.9 Å². The molecule has 1 aliphatic rings. The topological polar surface area (TPSA) is 70.2 Å². The molecule has 3 rings (SSSR count). The van der Waals surface area contributed by atoms with E-state index in [1.165, 1.54) is 24.3 Å². The molecule has 0 unspecified atom stereocenters. The molecular formula is C19H15F4N3O2. The maximum atomic E-state index is 13.6. The fraction of sp³-hybridized carbons (Fsp3) is 0.158. The van der Waals surface area contributed by atoms with Crippen LogP contribution in [0.2, 0.25) is 0 Å². The molecule has 0 saturated carbocycles. The minimum absolute atomic E-state index is 0.0440. The number of rotatable bonds is 3. The zero-order valence-electron chi connectivity index (χ0n) is 14.3. The third kappa shape index (κ3) is 4.13. The normalized spacial score (nSPS) is 19.6. The Labute approximate surface area is 157 Å². The molecule has 146 valence electrons. The van der Waals surface area contributed by atoms with E-state index in [9.17, 15) is 27.2 Å². The third-order valence-corrected chi connectivity index (χ3v) is 4.22. The molecule has 0 aliphatic carbocycles. The summed E-state index contributed by atoms with van der Waals surface area (Å²) < 4.78 is 52.2. The van der Waals surface area contributed by atoms with Gasteiger partial charge >= 0.3 is 12.2 Å². The third-order valence-electron chi connectivity index (χ3n) is 4.22. The van der Waals surface area contributed by atoms with Crippen molar-refractivity contribution in [1.29, 1.82) is 0 Å². The molecule has 1 fully saturated rings. The number of halogens is 4. The largest absolute Gasteiger partial charge is 0.416 e. The summed E-state index contributed by atoms with van der Waals surface area (Å²) in [5, 5.41) is 7.29. The lowest BCUT2D eigenvalue weighted by molar-refractivity contribution is -0.137.